The molecule has 0 spiro atoms. The molecule has 0 fully saturated rings. The fraction of sp³-hybridized carbons (Fsp3) is 0.304. The molecular formula is C23H24O10. The number of esters is 2. The summed E-state index contributed by atoms with van der Waals surface area (Å²) < 4.78 is 29.4. The van der Waals surface area contributed by atoms with Crippen LogP contribution in [0.4, 0.5) is 9.59 Å². The molecule has 0 heterocycles. The molecule has 0 bridgehead atoms. The van der Waals surface area contributed by atoms with E-state index in [4.69, 9.17) is 18.9 Å². The number of ether oxygens (including phenoxy) is 6. The molecule has 2 rings (SSSR count). The smallest absolute Gasteiger partial charge is 0.462 e. The molecule has 0 aliphatic rings. The Morgan fingerprint density at radius 2 is 0.939 bits per heavy atom. The zero-order valence-electron chi connectivity index (χ0n) is 18.2. The summed E-state index contributed by atoms with van der Waals surface area (Å²) in [6, 6.07) is 11.6. The molecular weight excluding hydrogens is 436 g/mol. The minimum Gasteiger partial charge on any atom is -0.462 e. The lowest BCUT2D eigenvalue weighted by Crippen LogP contribution is -2.12. The van der Waals surface area contributed by atoms with Crippen LogP contribution in [-0.2, 0) is 18.9 Å². The van der Waals surface area contributed by atoms with Crippen LogP contribution in [0.3, 0.4) is 0 Å². The van der Waals surface area contributed by atoms with Gasteiger partial charge in [-0.2, -0.15) is 0 Å². The molecule has 176 valence electrons. The lowest BCUT2D eigenvalue weighted by atomic mass is 10.2. The molecule has 0 amide bonds. The standard InChI is InChI=1S/C23H24O10/c1-3-28-22(26)32-18-10-6-16(7-11-18)20(24)30-14-5-15-31-21(25)17-8-12-19(13-9-17)33-23(27)29-4-2/h6-13H,3-5,14-15H2,1-2H3. The van der Waals surface area contributed by atoms with Crippen LogP contribution in [-0.4, -0.2) is 50.7 Å². The van der Waals surface area contributed by atoms with E-state index >= 15 is 0 Å². The Morgan fingerprint density at radius 3 is 1.27 bits per heavy atom. The van der Waals surface area contributed by atoms with Crippen molar-refractivity contribution in [1.82, 2.24) is 0 Å². The van der Waals surface area contributed by atoms with Gasteiger partial charge in [-0.05, 0) is 62.4 Å². The highest BCUT2D eigenvalue weighted by Crippen LogP contribution is 2.15. The zero-order chi connectivity index (χ0) is 24.1. The van der Waals surface area contributed by atoms with Crippen molar-refractivity contribution in [1.29, 1.82) is 0 Å². The summed E-state index contributed by atoms with van der Waals surface area (Å²) in [7, 11) is 0. The van der Waals surface area contributed by atoms with E-state index in [2.05, 4.69) is 9.47 Å². The number of hydrogen-bond donors (Lipinski definition) is 0. The van der Waals surface area contributed by atoms with Crippen LogP contribution in [0.2, 0.25) is 0 Å². The average Bonchev–Trinajstić information content (AvgIpc) is 2.80. The Labute approximate surface area is 190 Å². The van der Waals surface area contributed by atoms with E-state index in [1.807, 2.05) is 0 Å². The van der Waals surface area contributed by atoms with Gasteiger partial charge in [0.25, 0.3) is 0 Å². The third kappa shape index (κ3) is 8.90. The van der Waals surface area contributed by atoms with Gasteiger partial charge in [0.15, 0.2) is 0 Å². The van der Waals surface area contributed by atoms with Crippen LogP contribution >= 0.6 is 0 Å². The van der Waals surface area contributed by atoms with Crippen molar-refractivity contribution in [2.75, 3.05) is 26.4 Å². The predicted octanol–water partition coefficient (Wildman–Crippen LogP) is 4.16. The van der Waals surface area contributed by atoms with E-state index in [1.54, 1.807) is 13.8 Å². The van der Waals surface area contributed by atoms with Crippen molar-refractivity contribution in [2.45, 2.75) is 20.3 Å². The lowest BCUT2D eigenvalue weighted by Gasteiger charge is -2.08. The largest absolute Gasteiger partial charge is 0.513 e. The summed E-state index contributed by atoms with van der Waals surface area (Å²) in [5, 5.41) is 0. The molecule has 0 saturated carbocycles. The maximum Gasteiger partial charge on any atom is 0.513 e. The van der Waals surface area contributed by atoms with Gasteiger partial charge in [0, 0.05) is 6.42 Å². The van der Waals surface area contributed by atoms with Gasteiger partial charge in [-0.3, -0.25) is 0 Å². The van der Waals surface area contributed by atoms with Crippen LogP contribution < -0.4 is 9.47 Å². The minimum absolute atomic E-state index is 0.0412. The van der Waals surface area contributed by atoms with E-state index in [1.165, 1.54) is 48.5 Å². The number of carbonyl (C=O) groups is 4. The van der Waals surface area contributed by atoms with Crippen molar-refractivity contribution in [3.05, 3.63) is 59.7 Å². The van der Waals surface area contributed by atoms with E-state index in [-0.39, 0.29) is 49.1 Å². The second-order valence-corrected chi connectivity index (χ2v) is 6.24. The predicted molar refractivity (Wildman–Crippen MR) is 113 cm³/mol. The van der Waals surface area contributed by atoms with E-state index in [9.17, 15) is 19.2 Å². The third-order valence-corrected chi connectivity index (χ3v) is 3.86. The van der Waals surface area contributed by atoms with Gasteiger partial charge in [-0.25, -0.2) is 19.2 Å². The van der Waals surface area contributed by atoms with Crippen molar-refractivity contribution in [2.24, 2.45) is 0 Å². The van der Waals surface area contributed by atoms with Gasteiger partial charge in [0.05, 0.1) is 37.6 Å². The lowest BCUT2D eigenvalue weighted by molar-refractivity contribution is 0.0395. The molecule has 0 atom stereocenters. The summed E-state index contributed by atoms with van der Waals surface area (Å²) >= 11 is 0. The van der Waals surface area contributed by atoms with E-state index < -0.39 is 24.2 Å². The monoisotopic (exact) mass is 460 g/mol. The Bertz CT molecular complexity index is 857. The summed E-state index contributed by atoms with van der Waals surface area (Å²) in [5.41, 5.74) is 0.543. The number of benzene rings is 2. The van der Waals surface area contributed by atoms with Crippen molar-refractivity contribution >= 4 is 24.2 Å². The first-order chi connectivity index (χ1) is 15.9. The fourth-order valence-electron chi connectivity index (χ4n) is 2.36. The highest BCUT2D eigenvalue weighted by Gasteiger charge is 2.11. The molecule has 0 radical (unpaired) electrons. The molecule has 0 aliphatic carbocycles. The maximum absolute atomic E-state index is 12.0. The Hall–Kier alpha value is -4.08. The Kier molecular flexibility index (Phi) is 10.2. The van der Waals surface area contributed by atoms with Crippen molar-refractivity contribution in [3.8, 4) is 11.5 Å². The number of rotatable bonds is 10. The van der Waals surface area contributed by atoms with E-state index in [0.29, 0.717) is 6.42 Å². The molecule has 2 aromatic rings. The van der Waals surface area contributed by atoms with Crippen molar-refractivity contribution < 1.29 is 47.6 Å². The maximum atomic E-state index is 12.0. The van der Waals surface area contributed by atoms with Crippen LogP contribution in [0.1, 0.15) is 41.0 Å². The van der Waals surface area contributed by atoms with Gasteiger partial charge in [0.2, 0.25) is 0 Å². The molecule has 10 heteroatoms. The quantitative estimate of drug-likeness (QED) is 0.221. The summed E-state index contributed by atoms with van der Waals surface area (Å²) in [6.45, 7) is 3.78. The molecule has 0 aromatic heterocycles. The minimum atomic E-state index is -0.830. The van der Waals surface area contributed by atoms with Crippen LogP contribution in [0, 0.1) is 0 Å². The van der Waals surface area contributed by atoms with Crippen LogP contribution in [0.25, 0.3) is 0 Å². The van der Waals surface area contributed by atoms with Crippen LogP contribution in [0.5, 0.6) is 11.5 Å². The van der Waals surface area contributed by atoms with Gasteiger partial charge in [-0.1, -0.05) is 0 Å². The summed E-state index contributed by atoms with van der Waals surface area (Å²) in [4.78, 5) is 46.6. The van der Waals surface area contributed by atoms with Crippen molar-refractivity contribution in [3.63, 3.8) is 0 Å². The second kappa shape index (κ2) is 13.4. The average molecular weight is 460 g/mol. The molecule has 2 aromatic carbocycles. The first kappa shape index (κ1) is 25.2. The highest BCUT2D eigenvalue weighted by molar-refractivity contribution is 5.90. The normalized spacial score (nSPS) is 10.0. The molecule has 0 aliphatic heterocycles. The second-order valence-electron chi connectivity index (χ2n) is 6.24. The summed E-state index contributed by atoms with van der Waals surface area (Å²) in [6.07, 6.45) is -1.36. The molecule has 0 saturated heterocycles. The zero-order valence-corrected chi connectivity index (χ0v) is 18.2. The van der Waals surface area contributed by atoms with Gasteiger partial charge >= 0.3 is 24.2 Å². The first-order valence-corrected chi connectivity index (χ1v) is 10.2. The Balaban J connectivity index is 1.68. The van der Waals surface area contributed by atoms with Crippen LogP contribution in [0.15, 0.2) is 48.5 Å². The molecule has 0 unspecified atom stereocenters. The highest BCUT2D eigenvalue weighted by atomic mass is 16.7. The fourth-order valence-corrected chi connectivity index (χ4v) is 2.36. The van der Waals surface area contributed by atoms with E-state index in [0.717, 1.165) is 0 Å². The molecule has 10 nitrogen and oxygen atoms in total. The first-order valence-electron chi connectivity index (χ1n) is 10.2. The SMILES string of the molecule is CCOC(=O)Oc1ccc(C(=O)OCCCOC(=O)c2ccc(OC(=O)OCC)cc2)cc1. The topological polar surface area (TPSA) is 124 Å². The third-order valence-electron chi connectivity index (χ3n) is 3.86. The molecule has 33 heavy (non-hydrogen) atoms. The Morgan fingerprint density at radius 1 is 0.576 bits per heavy atom. The number of carbonyl (C=O) groups excluding carboxylic acids is 4. The molecule has 0 N–H and O–H groups in total. The summed E-state index contributed by atoms with van der Waals surface area (Å²) in [5.74, 6) is -0.669. The van der Waals surface area contributed by atoms with Gasteiger partial charge < -0.3 is 28.4 Å². The van der Waals surface area contributed by atoms with Gasteiger partial charge in [0.1, 0.15) is 11.5 Å². The van der Waals surface area contributed by atoms with Gasteiger partial charge in [-0.15, -0.1) is 0 Å². The number of hydrogen-bond acceptors (Lipinski definition) is 10.